The van der Waals surface area contributed by atoms with Gasteiger partial charge in [-0.25, -0.2) is 0 Å². The maximum atomic E-state index is 12.6. The summed E-state index contributed by atoms with van der Waals surface area (Å²) in [6, 6.07) is -0.173. The average Bonchev–Trinajstić information content (AvgIpc) is 2.75. The summed E-state index contributed by atoms with van der Waals surface area (Å²) in [5.74, 6) is 0. The van der Waals surface area contributed by atoms with Crippen molar-refractivity contribution < 1.29 is 13.2 Å². The molecule has 1 heterocycles. The van der Waals surface area contributed by atoms with Crippen molar-refractivity contribution >= 4 is 0 Å². The molecule has 112 valence electrons. The number of alkyl halides is 3. The molecule has 0 amide bonds. The number of halogens is 3. The predicted molar refractivity (Wildman–Crippen MR) is 70.1 cm³/mol. The first kappa shape index (κ1) is 15.1. The van der Waals surface area contributed by atoms with Gasteiger partial charge in [-0.1, -0.05) is 19.8 Å². The van der Waals surface area contributed by atoms with Crippen molar-refractivity contribution in [3.05, 3.63) is 0 Å². The van der Waals surface area contributed by atoms with Gasteiger partial charge in [-0.05, 0) is 26.2 Å². The number of piperazine rings is 1. The molecule has 2 fully saturated rings. The molecule has 1 aliphatic heterocycles. The summed E-state index contributed by atoms with van der Waals surface area (Å²) in [6.07, 6.45) is 0.768. The van der Waals surface area contributed by atoms with E-state index in [0.717, 1.165) is 32.4 Å². The maximum absolute atomic E-state index is 12.6. The topological polar surface area (TPSA) is 15.3 Å². The summed E-state index contributed by atoms with van der Waals surface area (Å²) in [7, 11) is 0. The Morgan fingerprint density at radius 1 is 1.32 bits per heavy atom. The highest BCUT2D eigenvalue weighted by Gasteiger charge is 2.43. The minimum atomic E-state index is -4.06. The van der Waals surface area contributed by atoms with Gasteiger partial charge >= 0.3 is 6.18 Å². The quantitative estimate of drug-likeness (QED) is 0.852. The van der Waals surface area contributed by atoms with E-state index in [-0.39, 0.29) is 11.6 Å². The normalized spacial score (nSPS) is 29.8. The van der Waals surface area contributed by atoms with Crippen LogP contribution in [0.4, 0.5) is 13.2 Å². The Labute approximate surface area is 113 Å². The molecule has 0 radical (unpaired) electrons. The van der Waals surface area contributed by atoms with Crippen molar-refractivity contribution in [3.63, 3.8) is 0 Å². The van der Waals surface area contributed by atoms with E-state index in [4.69, 9.17) is 0 Å². The van der Waals surface area contributed by atoms with Crippen LogP contribution in [-0.2, 0) is 0 Å². The van der Waals surface area contributed by atoms with Crippen molar-refractivity contribution in [2.75, 3.05) is 13.1 Å². The zero-order valence-corrected chi connectivity index (χ0v) is 11.9. The van der Waals surface area contributed by atoms with Crippen LogP contribution in [-0.4, -0.2) is 41.8 Å². The SMILES string of the molecule is CCC1CNC2(CCCC2)CN1C(C)CC(F)(F)F. The van der Waals surface area contributed by atoms with Gasteiger partial charge < -0.3 is 5.32 Å². The second-order valence-corrected chi connectivity index (χ2v) is 6.27. The molecule has 2 unspecified atom stereocenters. The fourth-order valence-corrected chi connectivity index (χ4v) is 3.72. The molecule has 1 saturated carbocycles. The Kier molecular flexibility index (Phi) is 4.45. The monoisotopic (exact) mass is 278 g/mol. The molecule has 19 heavy (non-hydrogen) atoms. The highest BCUT2D eigenvalue weighted by Crippen LogP contribution is 2.35. The van der Waals surface area contributed by atoms with E-state index < -0.39 is 18.6 Å². The van der Waals surface area contributed by atoms with E-state index in [0.29, 0.717) is 0 Å². The lowest BCUT2D eigenvalue weighted by atomic mass is 9.90. The van der Waals surface area contributed by atoms with Crippen LogP contribution in [0.5, 0.6) is 0 Å². The summed E-state index contributed by atoms with van der Waals surface area (Å²) in [5.41, 5.74) is 0.0888. The van der Waals surface area contributed by atoms with Gasteiger partial charge in [0.15, 0.2) is 0 Å². The maximum Gasteiger partial charge on any atom is 0.390 e. The third kappa shape index (κ3) is 3.63. The number of hydrogen-bond acceptors (Lipinski definition) is 2. The van der Waals surface area contributed by atoms with Crippen LogP contribution in [0.25, 0.3) is 0 Å². The summed E-state index contributed by atoms with van der Waals surface area (Å²) in [5, 5.41) is 3.62. The highest BCUT2D eigenvalue weighted by atomic mass is 19.4. The first-order valence-corrected chi connectivity index (χ1v) is 7.43. The molecule has 0 aromatic rings. The minimum Gasteiger partial charge on any atom is -0.308 e. The molecular weight excluding hydrogens is 253 g/mol. The Morgan fingerprint density at radius 2 is 1.95 bits per heavy atom. The van der Waals surface area contributed by atoms with Gasteiger partial charge in [0.05, 0.1) is 6.42 Å². The van der Waals surface area contributed by atoms with Crippen molar-refractivity contribution in [2.24, 2.45) is 0 Å². The number of nitrogens with zero attached hydrogens (tertiary/aromatic N) is 1. The van der Waals surface area contributed by atoms with Gasteiger partial charge in [0.25, 0.3) is 0 Å². The summed E-state index contributed by atoms with van der Waals surface area (Å²) < 4.78 is 37.9. The van der Waals surface area contributed by atoms with Crippen LogP contribution in [0, 0.1) is 0 Å². The molecule has 2 nitrogen and oxygen atoms in total. The molecule has 5 heteroatoms. The number of nitrogens with one attached hydrogen (secondary N) is 1. The lowest BCUT2D eigenvalue weighted by molar-refractivity contribution is -0.150. The summed E-state index contributed by atoms with van der Waals surface area (Å²) in [6.45, 7) is 5.40. The first-order chi connectivity index (χ1) is 8.85. The van der Waals surface area contributed by atoms with Gasteiger partial charge in [-0.3, -0.25) is 4.90 Å². The molecule has 0 aromatic carbocycles. The minimum absolute atomic E-state index is 0.0888. The Balaban J connectivity index is 2.05. The summed E-state index contributed by atoms with van der Waals surface area (Å²) in [4.78, 5) is 2.11. The van der Waals surface area contributed by atoms with Crippen LogP contribution in [0.2, 0.25) is 0 Å². The van der Waals surface area contributed by atoms with E-state index in [1.165, 1.54) is 12.8 Å². The standard InChI is InChI=1S/C14H25F3N2/c1-3-12-9-18-13(6-4-5-7-13)10-19(12)11(2)8-14(15,16)17/h11-12,18H,3-10H2,1-2H3. The number of rotatable bonds is 3. The van der Waals surface area contributed by atoms with Crippen molar-refractivity contribution in [2.45, 2.75) is 76.2 Å². The van der Waals surface area contributed by atoms with Gasteiger partial charge in [0.2, 0.25) is 0 Å². The van der Waals surface area contributed by atoms with E-state index in [1.54, 1.807) is 6.92 Å². The molecule has 2 rings (SSSR count). The molecule has 1 spiro atoms. The molecule has 1 N–H and O–H groups in total. The molecule has 1 aliphatic carbocycles. The van der Waals surface area contributed by atoms with Crippen LogP contribution < -0.4 is 5.32 Å². The van der Waals surface area contributed by atoms with Gasteiger partial charge in [-0.2, -0.15) is 13.2 Å². The fourth-order valence-electron chi connectivity index (χ4n) is 3.72. The van der Waals surface area contributed by atoms with Crippen LogP contribution in [0.15, 0.2) is 0 Å². The third-order valence-corrected chi connectivity index (χ3v) is 4.79. The fraction of sp³-hybridized carbons (Fsp3) is 1.00. The Bertz CT molecular complexity index is 298. The number of hydrogen-bond donors (Lipinski definition) is 1. The average molecular weight is 278 g/mol. The first-order valence-electron chi connectivity index (χ1n) is 7.43. The van der Waals surface area contributed by atoms with Crippen molar-refractivity contribution in [3.8, 4) is 0 Å². The lowest BCUT2D eigenvalue weighted by Crippen LogP contribution is -2.65. The van der Waals surface area contributed by atoms with E-state index in [9.17, 15) is 13.2 Å². The highest BCUT2D eigenvalue weighted by molar-refractivity contribution is 5.01. The molecule has 1 saturated heterocycles. The second-order valence-electron chi connectivity index (χ2n) is 6.27. The van der Waals surface area contributed by atoms with Crippen LogP contribution in [0.1, 0.15) is 52.4 Å². The van der Waals surface area contributed by atoms with Crippen LogP contribution >= 0.6 is 0 Å². The van der Waals surface area contributed by atoms with Crippen molar-refractivity contribution in [1.82, 2.24) is 10.2 Å². The van der Waals surface area contributed by atoms with Gasteiger partial charge in [0.1, 0.15) is 0 Å². The molecule has 2 aliphatic rings. The Hall–Kier alpha value is -0.290. The third-order valence-electron chi connectivity index (χ3n) is 4.79. The van der Waals surface area contributed by atoms with Crippen LogP contribution in [0.3, 0.4) is 0 Å². The molecular formula is C14H25F3N2. The van der Waals surface area contributed by atoms with Gasteiger partial charge in [-0.15, -0.1) is 0 Å². The lowest BCUT2D eigenvalue weighted by Gasteiger charge is -2.49. The van der Waals surface area contributed by atoms with E-state index in [1.807, 2.05) is 0 Å². The predicted octanol–water partition coefficient (Wildman–Crippen LogP) is 3.32. The molecule has 2 atom stereocenters. The zero-order valence-electron chi connectivity index (χ0n) is 11.9. The smallest absolute Gasteiger partial charge is 0.308 e. The molecule has 0 aromatic heterocycles. The zero-order chi connectivity index (χ0) is 14.1. The second kappa shape index (κ2) is 5.60. The van der Waals surface area contributed by atoms with E-state index in [2.05, 4.69) is 17.1 Å². The van der Waals surface area contributed by atoms with E-state index >= 15 is 0 Å². The van der Waals surface area contributed by atoms with Gasteiger partial charge in [0, 0.05) is 30.7 Å². The summed E-state index contributed by atoms with van der Waals surface area (Å²) >= 11 is 0. The molecule has 0 bridgehead atoms. The van der Waals surface area contributed by atoms with Crippen molar-refractivity contribution in [1.29, 1.82) is 0 Å². The largest absolute Gasteiger partial charge is 0.390 e. The Morgan fingerprint density at radius 3 is 2.47 bits per heavy atom.